The van der Waals surface area contributed by atoms with Crippen LogP contribution in [0.4, 0.5) is 10.5 Å². The molecule has 3 aliphatic heterocycles. The number of hydrogen-bond acceptors (Lipinski definition) is 7. The number of aromatic nitrogens is 2. The molecule has 11 heteroatoms. The number of H-pyrrole nitrogens is 1. The Labute approximate surface area is 221 Å². The van der Waals surface area contributed by atoms with Gasteiger partial charge in [-0.05, 0) is 45.3 Å². The normalized spacial score (nSPS) is 22.8. The van der Waals surface area contributed by atoms with Gasteiger partial charge in [0.15, 0.2) is 5.78 Å². The van der Waals surface area contributed by atoms with Gasteiger partial charge in [0.1, 0.15) is 5.69 Å². The van der Waals surface area contributed by atoms with Crippen molar-refractivity contribution in [1.29, 1.82) is 0 Å². The van der Waals surface area contributed by atoms with E-state index < -0.39 is 6.03 Å². The second kappa shape index (κ2) is 10.1. The Hall–Kier alpha value is -3.28. The summed E-state index contributed by atoms with van der Waals surface area (Å²) in [5.74, 6) is 0.304. The topological polar surface area (TPSA) is 128 Å². The number of carbonyl (C=O) groups excluding carboxylic acids is 3. The van der Waals surface area contributed by atoms with E-state index in [9.17, 15) is 14.4 Å². The minimum atomic E-state index is -0.638. The van der Waals surface area contributed by atoms with Crippen LogP contribution < -0.4 is 10.7 Å². The Morgan fingerprint density at radius 1 is 1.08 bits per heavy atom. The highest BCUT2D eigenvalue weighted by Gasteiger charge is 2.40. The third-order valence-corrected chi connectivity index (χ3v) is 8.44. The molecule has 2 aromatic rings. The van der Waals surface area contributed by atoms with Gasteiger partial charge < -0.3 is 20.3 Å². The van der Waals surface area contributed by atoms with Gasteiger partial charge in [-0.15, -0.1) is 0 Å². The number of aromatic amines is 1. The minimum absolute atomic E-state index is 0.0795. The van der Waals surface area contributed by atoms with Crippen molar-refractivity contribution in [2.24, 2.45) is 11.7 Å². The average Bonchev–Trinajstić information content (AvgIpc) is 3.49. The summed E-state index contributed by atoms with van der Waals surface area (Å²) in [6, 6.07) is 4.82. The third kappa shape index (κ3) is 4.28. The molecule has 4 aliphatic rings. The number of urea groups is 1. The maximum absolute atomic E-state index is 13.9. The van der Waals surface area contributed by atoms with E-state index in [2.05, 4.69) is 22.1 Å². The van der Waals surface area contributed by atoms with Crippen molar-refractivity contribution in [3.63, 3.8) is 0 Å². The van der Waals surface area contributed by atoms with Gasteiger partial charge in [-0.25, -0.2) is 14.8 Å². The van der Waals surface area contributed by atoms with Crippen molar-refractivity contribution in [1.82, 2.24) is 25.0 Å². The molecule has 11 nitrogen and oxygen atoms in total. The van der Waals surface area contributed by atoms with Crippen LogP contribution in [0, 0.1) is 5.92 Å². The number of hydrazine groups is 1. The first-order chi connectivity index (χ1) is 18.4. The molecule has 1 atom stereocenters. The van der Waals surface area contributed by atoms with E-state index in [4.69, 9.17) is 10.5 Å². The molecule has 3 N–H and O–H groups in total. The SMILES string of the molecule is CN1CCCC(C(=O)N2CCC(c3[nH]nc4c3C(=O)c3c-4cccc3N(C(N)=O)N3CCOCC3)CC2)C1. The molecule has 1 unspecified atom stereocenters. The van der Waals surface area contributed by atoms with Gasteiger partial charge in [-0.1, -0.05) is 12.1 Å². The predicted molar refractivity (Wildman–Crippen MR) is 141 cm³/mol. The standard InChI is InChI=1S/C27H35N7O4/c1-31-9-3-4-18(16-31)26(36)32-10-7-17(8-11-32)23-22-24(30-29-23)19-5-2-6-20(21(19)25(22)35)34(27(28)37)33-12-14-38-15-13-33/h2,5-6,17-18H,3-4,7-16H2,1H3,(H2,28,37)(H,29,30). The number of piperidine rings is 2. The van der Waals surface area contributed by atoms with Crippen LogP contribution in [-0.4, -0.2) is 102 Å². The molecular weight excluding hydrogens is 486 g/mol. The van der Waals surface area contributed by atoms with Gasteiger partial charge in [0.2, 0.25) is 5.91 Å². The van der Waals surface area contributed by atoms with Crippen molar-refractivity contribution in [2.45, 2.75) is 31.6 Å². The molecule has 0 saturated carbocycles. The molecule has 38 heavy (non-hydrogen) atoms. The quantitative estimate of drug-likeness (QED) is 0.536. The second-order valence-corrected chi connectivity index (χ2v) is 10.8. The average molecular weight is 522 g/mol. The van der Waals surface area contributed by atoms with E-state index in [1.807, 2.05) is 22.0 Å². The zero-order valence-corrected chi connectivity index (χ0v) is 21.8. The number of hydrogen-bond donors (Lipinski definition) is 2. The van der Waals surface area contributed by atoms with Crippen LogP contribution in [0.3, 0.4) is 0 Å². The van der Waals surface area contributed by atoms with Crippen LogP contribution in [0.15, 0.2) is 18.2 Å². The van der Waals surface area contributed by atoms with Crippen LogP contribution in [0.25, 0.3) is 11.3 Å². The van der Waals surface area contributed by atoms with Crippen molar-refractivity contribution in [3.8, 4) is 11.3 Å². The Balaban J connectivity index is 1.22. The summed E-state index contributed by atoms with van der Waals surface area (Å²) in [4.78, 5) is 43.8. The molecule has 6 rings (SSSR count). The van der Waals surface area contributed by atoms with E-state index in [0.717, 1.165) is 44.5 Å². The summed E-state index contributed by atoms with van der Waals surface area (Å²) in [6.07, 6.45) is 3.58. The Morgan fingerprint density at radius 2 is 1.84 bits per heavy atom. The number of carbonyl (C=O) groups is 3. The molecule has 1 aromatic heterocycles. The number of ether oxygens (including phenoxy) is 1. The maximum atomic E-state index is 13.9. The zero-order chi connectivity index (χ0) is 26.4. The van der Waals surface area contributed by atoms with Crippen molar-refractivity contribution < 1.29 is 19.1 Å². The van der Waals surface area contributed by atoms with Crippen molar-refractivity contribution in [2.75, 3.05) is 64.5 Å². The highest BCUT2D eigenvalue weighted by atomic mass is 16.5. The number of nitrogens with two attached hydrogens (primary N) is 1. The summed E-state index contributed by atoms with van der Waals surface area (Å²) >= 11 is 0. The summed E-state index contributed by atoms with van der Waals surface area (Å²) in [5.41, 5.74) is 9.47. The van der Waals surface area contributed by atoms with Crippen LogP contribution in [0.1, 0.15) is 53.2 Å². The van der Waals surface area contributed by atoms with E-state index in [1.165, 1.54) is 5.01 Å². The molecule has 0 radical (unpaired) electrons. The molecule has 1 aromatic carbocycles. The van der Waals surface area contributed by atoms with Gasteiger partial charge >= 0.3 is 6.03 Å². The van der Waals surface area contributed by atoms with Gasteiger partial charge in [0, 0.05) is 44.2 Å². The van der Waals surface area contributed by atoms with Crippen molar-refractivity contribution in [3.05, 3.63) is 35.0 Å². The van der Waals surface area contributed by atoms with E-state index >= 15 is 0 Å². The predicted octanol–water partition coefficient (Wildman–Crippen LogP) is 1.80. The number of rotatable bonds is 4. The number of likely N-dealkylation sites (tertiary alicyclic amines) is 2. The third-order valence-electron chi connectivity index (χ3n) is 8.44. The van der Waals surface area contributed by atoms with Crippen LogP contribution in [0.2, 0.25) is 0 Å². The number of nitrogens with zero attached hydrogens (tertiary/aromatic N) is 5. The summed E-state index contributed by atoms with van der Waals surface area (Å²) in [7, 11) is 2.08. The van der Waals surface area contributed by atoms with E-state index in [0.29, 0.717) is 67.5 Å². The molecule has 3 fully saturated rings. The highest BCUT2D eigenvalue weighted by molar-refractivity contribution is 6.25. The second-order valence-electron chi connectivity index (χ2n) is 10.8. The number of morpholine rings is 1. The lowest BCUT2D eigenvalue weighted by atomic mass is 9.89. The lowest BCUT2D eigenvalue weighted by molar-refractivity contribution is -0.138. The lowest BCUT2D eigenvalue weighted by Gasteiger charge is -2.37. The zero-order valence-electron chi connectivity index (χ0n) is 21.8. The number of nitrogens with one attached hydrogen (secondary N) is 1. The Bertz CT molecular complexity index is 1250. The molecule has 3 saturated heterocycles. The monoisotopic (exact) mass is 521 g/mol. The number of fused-ring (bicyclic) bond motifs is 3. The Morgan fingerprint density at radius 3 is 2.55 bits per heavy atom. The largest absolute Gasteiger partial charge is 0.379 e. The first kappa shape index (κ1) is 25.0. The number of amides is 3. The van der Waals surface area contributed by atoms with Crippen LogP contribution in [0.5, 0.6) is 0 Å². The summed E-state index contributed by atoms with van der Waals surface area (Å²) in [6.45, 7) is 5.21. The first-order valence-electron chi connectivity index (χ1n) is 13.6. The number of anilines is 1. The van der Waals surface area contributed by atoms with Crippen molar-refractivity contribution >= 4 is 23.4 Å². The van der Waals surface area contributed by atoms with Crippen LogP contribution in [-0.2, 0) is 9.53 Å². The first-order valence-corrected chi connectivity index (χ1v) is 13.6. The van der Waals surface area contributed by atoms with Gasteiger partial charge in [0.05, 0.1) is 41.6 Å². The van der Waals surface area contributed by atoms with E-state index in [1.54, 1.807) is 6.07 Å². The fourth-order valence-corrected chi connectivity index (χ4v) is 6.53. The van der Waals surface area contributed by atoms with Gasteiger partial charge in [-0.2, -0.15) is 5.10 Å². The molecule has 4 heterocycles. The molecule has 1 aliphatic carbocycles. The molecule has 3 amide bonds. The molecule has 202 valence electrons. The molecular formula is C27H35N7O4. The summed E-state index contributed by atoms with van der Waals surface area (Å²) < 4.78 is 5.43. The minimum Gasteiger partial charge on any atom is -0.379 e. The highest BCUT2D eigenvalue weighted by Crippen LogP contribution is 2.44. The lowest BCUT2D eigenvalue weighted by Crippen LogP contribution is -2.54. The number of ketones is 1. The number of primary amides is 1. The van der Waals surface area contributed by atoms with E-state index in [-0.39, 0.29) is 23.5 Å². The summed E-state index contributed by atoms with van der Waals surface area (Å²) in [5, 5.41) is 10.9. The molecule has 0 bridgehead atoms. The Kier molecular flexibility index (Phi) is 6.67. The maximum Gasteiger partial charge on any atom is 0.334 e. The fourth-order valence-electron chi connectivity index (χ4n) is 6.53. The van der Waals surface area contributed by atoms with Crippen LogP contribution >= 0.6 is 0 Å². The number of benzene rings is 1. The fraction of sp³-hybridized carbons (Fsp3) is 0.556. The smallest absolute Gasteiger partial charge is 0.334 e. The van der Waals surface area contributed by atoms with Gasteiger partial charge in [-0.3, -0.25) is 14.7 Å². The van der Waals surface area contributed by atoms with Gasteiger partial charge in [0.25, 0.3) is 0 Å². The molecule has 0 spiro atoms.